The molecule has 0 aliphatic heterocycles. The maximum Gasteiger partial charge on any atom is 0.237 e. The number of aryl methyl sites for hydroxylation is 2. The number of amides is 1. The van der Waals surface area contributed by atoms with Crippen LogP contribution in [0.5, 0.6) is 5.75 Å². The van der Waals surface area contributed by atoms with Crippen molar-refractivity contribution in [2.75, 3.05) is 12.4 Å². The van der Waals surface area contributed by atoms with E-state index in [9.17, 15) is 4.79 Å². The van der Waals surface area contributed by atoms with Crippen molar-refractivity contribution >= 4 is 23.4 Å². The summed E-state index contributed by atoms with van der Waals surface area (Å²) < 4.78 is 12.6. The molecule has 0 bridgehead atoms. The van der Waals surface area contributed by atoms with Gasteiger partial charge in [0, 0.05) is 18.1 Å². The van der Waals surface area contributed by atoms with Crippen LogP contribution in [0.3, 0.4) is 0 Å². The van der Waals surface area contributed by atoms with E-state index in [0.29, 0.717) is 28.9 Å². The van der Waals surface area contributed by atoms with Crippen molar-refractivity contribution in [2.24, 2.45) is 0 Å². The van der Waals surface area contributed by atoms with Crippen molar-refractivity contribution in [1.82, 2.24) is 19.7 Å². The Labute approximate surface area is 190 Å². The van der Waals surface area contributed by atoms with Crippen LogP contribution in [0.4, 0.5) is 5.69 Å². The third kappa shape index (κ3) is 5.17. The number of methoxy groups -OCH3 is 1. The topological polar surface area (TPSA) is 95.1 Å². The molecule has 0 spiro atoms. The van der Waals surface area contributed by atoms with Gasteiger partial charge in [-0.1, -0.05) is 35.1 Å². The van der Waals surface area contributed by atoms with Crippen LogP contribution in [0.1, 0.15) is 22.8 Å². The van der Waals surface area contributed by atoms with E-state index in [1.807, 2.05) is 22.9 Å². The maximum absolute atomic E-state index is 12.4. The minimum Gasteiger partial charge on any atom is -0.495 e. The molecule has 32 heavy (non-hydrogen) atoms. The molecule has 2 aromatic heterocycles. The molecule has 0 aliphatic carbocycles. The molecular formula is C23H23N5O3S. The summed E-state index contributed by atoms with van der Waals surface area (Å²) in [6.45, 7) is 4.15. The number of aromatic nitrogens is 4. The number of carbonyl (C=O) groups excluding carboxylic acids is 1. The Morgan fingerprint density at radius 2 is 1.97 bits per heavy atom. The molecule has 1 N–H and O–H groups in total. The quantitative estimate of drug-likeness (QED) is 0.400. The first-order valence-corrected chi connectivity index (χ1v) is 11.0. The monoisotopic (exact) mass is 449 g/mol. The Hall–Kier alpha value is -3.59. The Morgan fingerprint density at radius 1 is 1.19 bits per heavy atom. The SMILES string of the molecule is COc1ccccc1NC(=O)Cc1noc(CSc2nccn2-c2cc(C)cc(C)c2)n1. The first-order valence-electron chi connectivity index (χ1n) is 10.0. The van der Waals surface area contributed by atoms with Crippen LogP contribution >= 0.6 is 11.8 Å². The van der Waals surface area contributed by atoms with Crippen molar-refractivity contribution < 1.29 is 14.1 Å². The van der Waals surface area contributed by atoms with Crippen LogP contribution in [0.15, 0.2) is 64.5 Å². The van der Waals surface area contributed by atoms with Crippen molar-refractivity contribution in [3.05, 3.63) is 77.7 Å². The molecule has 0 radical (unpaired) electrons. The van der Waals surface area contributed by atoms with Gasteiger partial charge in [0.15, 0.2) is 11.0 Å². The van der Waals surface area contributed by atoms with Crippen molar-refractivity contribution in [3.63, 3.8) is 0 Å². The normalized spacial score (nSPS) is 10.8. The van der Waals surface area contributed by atoms with Crippen molar-refractivity contribution in [1.29, 1.82) is 0 Å². The number of hydrogen-bond acceptors (Lipinski definition) is 7. The number of para-hydroxylation sites is 2. The maximum atomic E-state index is 12.4. The molecule has 0 aliphatic rings. The van der Waals surface area contributed by atoms with E-state index in [4.69, 9.17) is 9.26 Å². The lowest BCUT2D eigenvalue weighted by molar-refractivity contribution is -0.115. The van der Waals surface area contributed by atoms with Crippen LogP contribution < -0.4 is 10.1 Å². The Balaban J connectivity index is 1.37. The predicted molar refractivity (Wildman–Crippen MR) is 122 cm³/mol. The summed E-state index contributed by atoms with van der Waals surface area (Å²) in [5, 5.41) is 7.55. The summed E-state index contributed by atoms with van der Waals surface area (Å²) >= 11 is 1.49. The van der Waals surface area contributed by atoms with Gasteiger partial charge in [-0.2, -0.15) is 4.98 Å². The molecule has 1 amide bonds. The highest BCUT2D eigenvalue weighted by atomic mass is 32.2. The zero-order valence-corrected chi connectivity index (χ0v) is 18.8. The highest BCUT2D eigenvalue weighted by Crippen LogP contribution is 2.25. The number of hydrogen-bond donors (Lipinski definition) is 1. The molecular weight excluding hydrogens is 426 g/mol. The third-order valence-electron chi connectivity index (χ3n) is 4.63. The molecule has 0 fully saturated rings. The van der Waals surface area contributed by atoms with E-state index in [0.717, 1.165) is 10.8 Å². The number of anilines is 1. The van der Waals surface area contributed by atoms with Crippen LogP contribution in [0.25, 0.3) is 5.69 Å². The van der Waals surface area contributed by atoms with E-state index < -0.39 is 0 Å². The minimum absolute atomic E-state index is 0.00338. The number of benzene rings is 2. The number of imidazole rings is 1. The highest BCUT2D eigenvalue weighted by molar-refractivity contribution is 7.98. The molecule has 8 nitrogen and oxygen atoms in total. The second-order valence-electron chi connectivity index (χ2n) is 7.24. The van der Waals surface area contributed by atoms with E-state index in [2.05, 4.69) is 52.5 Å². The molecule has 2 aromatic carbocycles. The van der Waals surface area contributed by atoms with Crippen molar-refractivity contribution in [3.8, 4) is 11.4 Å². The zero-order chi connectivity index (χ0) is 22.5. The van der Waals surface area contributed by atoms with Crippen LogP contribution in [0.2, 0.25) is 0 Å². The average Bonchev–Trinajstić information content (AvgIpc) is 3.41. The largest absolute Gasteiger partial charge is 0.495 e. The second-order valence-corrected chi connectivity index (χ2v) is 8.19. The Morgan fingerprint density at radius 3 is 2.75 bits per heavy atom. The molecule has 4 aromatic rings. The summed E-state index contributed by atoms with van der Waals surface area (Å²) in [6.07, 6.45) is 3.70. The predicted octanol–water partition coefficient (Wildman–Crippen LogP) is 4.35. The number of thioether (sulfide) groups is 1. The highest BCUT2D eigenvalue weighted by Gasteiger charge is 2.14. The molecule has 164 valence electrons. The second kappa shape index (κ2) is 9.69. The van der Waals surface area contributed by atoms with Gasteiger partial charge in [0.2, 0.25) is 11.8 Å². The lowest BCUT2D eigenvalue weighted by atomic mass is 10.1. The standard InChI is InChI=1S/C23H23N5O3S/c1-15-10-16(2)12-17(11-15)28-9-8-24-23(28)32-14-22-26-20(27-31-22)13-21(29)25-18-6-4-5-7-19(18)30-3/h4-12H,13-14H2,1-3H3,(H,25,29). The smallest absolute Gasteiger partial charge is 0.237 e. The fourth-order valence-electron chi connectivity index (χ4n) is 3.32. The zero-order valence-electron chi connectivity index (χ0n) is 18.0. The van der Waals surface area contributed by atoms with Gasteiger partial charge in [-0.3, -0.25) is 9.36 Å². The van der Waals surface area contributed by atoms with Crippen LogP contribution in [-0.2, 0) is 17.0 Å². The van der Waals surface area contributed by atoms with Crippen LogP contribution in [0, 0.1) is 13.8 Å². The van der Waals surface area contributed by atoms with Crippen LogP contribution in [-0.4, -0.2) is 32.7 Å². The number of rotatable bonds is 8. The minimum atomic E-state index is -0.250. The Kier molecular flexibility index (Phi) is 6.55. The molecule has 4 rings (SSSR count). The van der Waals surface area contributed by atoms with Gasteiger partial charge in [-0.15, -0.1) is 0 Å². The van der Waals surface area contributed by atoms with E-state index >= 15 is 0 Å². The molecule has 0 saturated carbocycles. The van der Waals surface area contributed by atoms with Gasteiger partial charge in [-0.05, 0) is 49.2 Å². The fraction of sp³-hybridized carbons (Fsp3) is 0.217. The molecule has 0 saturated heterocycles. The van der Waals surface area contributed by atoms with Gasteiger partial charge in [0.05, 0.1) is 25.0 Å². The molecule has 0 unspecified atom stereocenters. The summed E-state index contributed by atoms with van der Waals surface area (Å²) in [6, 6.07) is 13.6. The molecule has 0 atom stereocenters. The average molecular weight is 450 g/mol. The third-order valence-corrected chi connectivity index (χ3v) is 5.58. The number of ether oxygens (including phenoxy) is 1. The number of nitrogens with zero attached hydrogens (tertiary/aromatic N) is 4. The fourth-order valence-corrected chi connectivity index (χ4v) is 4.13. The van der Waals surface area contributed by atoms with Crippen molar-refractivity contribution in [2.45, 2.75) is 31.2 Å². The van der Waals surface area contributed by atoms with Gasteiger partial charge in [0.1, 0.15) is 5.75 Å². The summed E-state index contributed by atoms with van der Waals surface area (Å²) in [5.74, 6) is 1.55. The lowest BCUT2D eigenvalue weighted by Crippen LogP contribution is -2.15. The van der Waals surface area contributed by atoms with Gasteiger partial charge >= 0.3 is 0 Å². The number of carbonyl (C=O) groups is 1. The van der Waals surface area contributed by atoms with Gasteiger partial charge < -0.3 is 14.6 Å². The first-order chi connectivity index (χ1) is 15.5. The Bertz CT molecular complexity index is 1210. The molecule has 9 heteroatoms. The summed E-state index contributed by atoms with van der Waals surface area (Å²) in [4.78, 5) is 21.1. The first kappa shape index (κ1) is 21.6. The lowest BCUT2D eigenvalue weighted by Gasteiger charge is -2.09. The van der Waals surface area contributed by atoms with E-state index in [1.54, 1.807) is 25.4 Å². The summed E-state index contributed by atoms with van der Waals surface area (Å²) in [7, 11) is 1.56. The summed E-state index contributed by atoms with van der Waals surface area (Å²) in [5.41, 5.74) is 4.04. The van der Waals surface area contributed by atoms with Gasteiger partial charge in [0.25, 0.3) is 0 Å². The van der Waals surface area contributed by atoms with Gasteiger partial charge in [-0.25, -0.2) is 4.98 Å². The molecule has 2 heterocycles. The number of nitrogens with one attached hydrogen (secondary N) is 1. The van der Waals surface area contributed by atoms with E-state index in [1.165, 1.54) is 22.9 Å². The van der Waals surface area contributed by atoms with E-state index in [-0.39, 0.29) is 12.3 Å².